The Bertz CT molecular complexity index is 1110. The molecule has 3 aromatic rings. The van der Waals surface area contributed by atoms with Crippen LogP contribution < -0.4 is 5.32 Å². The molecule has 7 nitrogen and oxygen atoms in total. The molecule has 7 heteroatoms. The van der Waals surface area contributed by atoms with Crippen molar-refractivity contribution in [1.82, 2.24) is 10.2 Å². The third-order valence-corrected chi connectivity index (χ3v) is 6.14. The molecule has 0 atom stereocenters. The Labute approximate surface area is 173 Å². The van der Waals surface area contributed by atoms with E-state index in [1.165, 1.54) is 0 Å². The van der Waals surface area contributed by atoms with Gasteiger partial charge in [-0.3, -0.25) is 9.89 Å². The molecule has 2 aromatic carbocycles. The summed E-state index contributed by atoms with van der Waals surface area (Å²) in [4.78, 5) is 25.0. The summed E-state index contributed by atoms with van der Waals surface area (Å²) in [6.45, 7) is 0. The van der Waals surface area contributed by atoms with Crippen LogP contribution in [0, 0.1) is 0 Å². The van der Waals surface area contributed by atoms with Crippen molar-refractivity contribution >= 4 is 17.7 Å². The van der Waals surface area contributed by atoms with Crippen molar-refractivity contribution in [3.63, 3.8) is 0 Å². The molecule has 1 amide bonds. The predicted octanol–water partition coefficient (Wildman–Crippen LogP) is 3.39. The van der Waals surface area contributed by atoms with E-state index in [1.807, 2.05) is 42.5 Å². The number of fused-ring (bicyclic) bond motifs is 2. The fraction of sp³-hybridized carbons (Fsp3) is 0.261. The Hall–Kier alpha value is -3.45. The number of nitrogens with one attached hydrogen (secondary N) is 2. The van der Waals surface area contributed by atoms with Crippen LogP contribution in [-0.2, 0) is 15.1 Å². The first kappa shape index (κ1) is 18.6. The molecule has 152 valence electrons. The predicted molar refractivity (Wildman–Crippen MR) is 110 cm³/mol. The number of ether oxygens (including phenoxy) is 1. The highest BCUT2D eigenvalue weighted by molar-refractivity contribution is 5.97. The largest absolute Gasteiger partial charge is 0.451 e. The topological polar surface area (TPSA) is 104 Å². The van der Waals surface area contributed by atoms with Gasteiger partial charge in [0.25, 0.3) is 5.91 Å². The number of rotatable bonds is 3. The minimum Gasteiger partial charge on any atom is -0.451 e. The number of esters is 1. The SMILES string of the molecule is O=C1OC2(CCC(O)(C(=O)Nc3cc(-c4ccccc4)[nH]n3)CC2)c2ccccc21. The van der Waals surface area contributed by atoms with Gasteiger partial charge < -0.3 is 15.2 Å². The first-order valence-corrected chi connectivity index (χ1v) is 9.97. The van der Waals surface area contributed by atoms with Gasteiger partial charge in [0, 0.05) is 11.6 Å². The number of anilines is 1. The van der Waals surface area contributed by atoms with E-state index in [2.05, 4.69) is 15.5 Å². The first-order valence-electron chi connectivity index (χ1n) is 9.97. The molecule has 30 heavy (non-hydrogen) atoms. The van der Waals surface area contributed by atoms with Gasteiger partial charge in [0.1, 0.15) is 11.2 Å². The van der Waals surface area contributed by atoms with Crippen molar-refractivity contribution in [3.05, 3.63) is 71.8 Å². The Morgan fingerprint density at radius 2 is 1.73 bits per heavy atom. The highest BCUT2D eigenvalue weighted by atomic mass is 16.6. The number of amides is 1. The van der Waals surface area contributed by atoms with Gasteiger partial charge >= 0.3 is 5.97 Å². The lowest BCUT2D eigenvalue weighted by Gasteiger charge is -2.40. The molecule has 1 saturated carbocycles. The molecule has 2 aliphatic rings. The van der Waals surface area contributed by atoms with Gasteiger partial charge in [0.2, 0.25) is 0 Å². The van der Waals surface area contributed by atoms with Gasteiger partial charge in [-0.05, 0) is 37.3 Å². The second-order valence-corrected chi connectivity index (χ2v) is 7.95. The van der Waals surface area contributed by atoms with Gasteiger partial charge in [0.15, 0.2) is 5.82 Å². The Kier molecular flexibility index (Phi) is 4.22. The third kappa shape index (κ3) is 2.98. The van der Waals surface area contributed by atoms with Crippen LogP contribution in [0.1, 0.15) is 41.6 Å². The summed E-state index contributed by atoms with van der Waals surface area (Å²) in [6.07, 6.45) is 1.15. The lowest BCUT2D eigenvalue weighted by molar-refractivity contribution is -0.144. The molecule has 1 aliphatic carbocycles. The van der Waals surface area contributed by atoms with Crippen LogP contribution in [0.3, 0.4) is 0 Å². The van der Waals surface area contributed by atoms with Crippen LogP contribution in [0.2, 0.25) is 0 Å². The maximum atomic E-state index is 12.8. The van der Waals surface area contributed by atoms with Gasteiger partial charge in [-0.2, -0.15) is 5.10 Å². The number of carbonyl (C=O) groups excluding carboxylic acids is 2. The fourth-order valence-electron chi connectivity index (χ4n) is 4.40. The minimum atomic E-state index is -1.54. The van der Waals surface area contributed by atoms with Gasteiger partial charge in [-0.15, -0.1) is 0 Å². The van der Waals surface area contributed by atoms with Gasteiger partial charge in [-0.1, -0.05) is 48.5 Å². The summed E-state index contributed by atoms with van der Waals surface area (Å²) in [5.74, 6) is -0.489. The smallest absolute Gasteiger partial charge is 0.339 e. The van der Waals surface area contributed by atoms with Gasteiger partial charge in [0.05, 0.1) is 11.3 Å². The Morgan fingerprint density at radius 1 is 1.03 bits per heavy atom. The summed E-state index contributed by atoms with van der Waals surface area (Å²) in [5, 5.41) is 20.7. The van der Waals surface area contributed by atoms with Crippen molar-refractivity contribution in [2.75, 3.05) is 5.32 Å². The number of aliphatic hydroxyl groups is 1. The van der Waals surface area contributed by atoms with Crippen LogP contribution in [0.15, 0.2) is 60.7 Å². The number of hydrogen-bond acceptors (Lipinski definition) is 5. The zero-order valence-corrected chi connectivity index (χ0v) is 16.2. The standard InChI is InChI=1S/C23H21N3O4/c27-20-16-8-4-5-9-17(16)23(30-20)12-10-22(29,11-13-23)21(28)24-19-14-18(25-26-19)15-6-2-1-3-7-15/h1-9,14,29H,10-13H2,(H2,24,25,26,28). The van der Waals surface area contributed by atoms with Crippen LogP contribution >= 0.6 is 0 Å². The zero-order chi connectivity index (χ0) is 20.8. The second kappa shape index (κ2) is 6.81. The van der Waals surface area contributed by atoms with Crippen LogP contribution in [0.25, 0.3) is 11.3 Å². The van der Waals surface area contributed by atoms with Crippen LogP contribution in [0.4, 0.5) is 5.82 Å². The average Bonchev–Trinajstić information content (AvgIpc) is 3.35. The van der Waals surface area contributed by atoms with Crippen molar-refractivity contribution in [2.24, 2.45) is 0 Å². The number of hydrogen-bond donors (Lipinski definition) is 3. The lowest BCUT2D eigenvalue weighted by atomic mass is 9.72. The molecule has 1 aromatic heterocycles. The molecule has 1 aliphatic heterocycles. The van der Waals surface area contributed by atoms with Crippen molar-refractivity contribution in [1.29, 1.82) is 0 Å². The van der Waals surface area contributed by atoms with E-state index in [-0.39, 0.29) is 18.8 Å². The fourth-order valence-corrected chi connectivity index (χ4v) is 4.40. The van der Waals surface area contributed by atoms with Crippen molar-refractivity contribution in [3.8, 4) is 11.3 Å². The molecular formula is C23H21N3O4. The number of nitrogens with zero attached hydrogens (tertiary/aromatic N) is 1. The summed E-state index contributed by atoms with van der Waals surface area (Å²) in [7, 11) is 0. The van der Waals surface area contributed by atoms with Crippen LogP contribution in [0.5, 0.6) is 0 Å². The van der Waals surface area contributed by atoms with Gasteiger partial charge in [-0.25, -0.2) is 4.79 Å². The third-order valence-electron chi connectivity index (χ3n) is 6.14. The molecule has 0 unspecified atom stereocenters. The molecule has 1 fully saturated rings. The van der Waals surface area contributed by atoms with E-state index in [9.17, 15) is 14.7 Å². The number of carbonyl (C=O) groups is 2. The molecular weight excluding hydrogens is 382 g/mol. The summed E-state index contributed by atoms with van der Waals surface area (Å²) in [5.41, 5.74) is 0.837. The molecule has 3 N–H and O–H groups in total. The minimum absolute atomic E-state index is 0.191. The van der Waals surface area contributed by atoms with E-state index in [0.29, 0.717) is 24.2 Å². The summed E-state index contributed by atoms with van der Waals surface area (Å²) >= 11 is 0. The zero-order valence-electron chi connectivity index (χ0n) is 16.2. The number of aromatic nitrogens is 2. The normalized spacial score (nSPS) is 25.0. The first-order chi connectivity index (χ1) is 14.5. The van der Waals surface area contributed by atoms with Crippen molar-refractivity contribution < 1.29 is 19.4 Å². The molecule has 1 spiro atoms. The molecule has 2 heterocycles. The van der Waals surface area contributed by atoms with E-state index in [0.717, 1.165) is 16.8 Å². The summed E-state index contributed by atoms with van der Waals surface area (Å²) in [6, 6.07) is 18.7. The monoisotopic (exact) mass is 403 g/mol. The van der Waals surface area contributed by atoms with Crippen molar-refractivity contribution in [2.45, 2.75) is 36.9 Å². The maximum Gasteiger partial charge on any atom is 0.339 e. The van der Waals surface area contributed by atoms with E-state index < -0.39 is 17.1 Å². The quantitative estimate of drug-likeness (QED) is 0.582. The highest BCUT2D eigenvalue weighted by Gasteiger charge is 2.52. The maximum absolute atomic E-state index is 12.8. The molecule has 0 saturated heterocycles. The number of benzene rings is 2. The average molecular weight is 403 g/mol. The van der Waals surface area contributed by atoms with E-state index in [4.69, 9.17) is 4.74 Å². The lowest BCUT2D eigenvalue weighted by Crippen LogP contribution is -2.49. The summed E-state index contributed by atoms with van der Waals surface area (Å²) < 4.78 is 5.70. The van der Waals surface area contributed by atoms with Crippen LogP contribution in [-0.4, -0.2) is 32.8 Å². The van der Waals surface area contributed by atoms with E-state index in [1.54, 1.807) is 18.2 Å². The van der Waals surface area contributed by atoms with E-state index >= 15 is 0 Å². The Morgan fingerprint density at radius 3 is 2.50 bits per heavy atom. The molecule has 5 rings (SSSR count). The molecule has 0 bridgehead atoms. The second-order valence-electron chi connectivity index (χ2n) is 7.95. The highest BCUT2D eigenvalue weighted by Crippen LogP contribution is 2.49. The Balaban J connectivity index is 1.29. The number of aromatic amines is 1. The molecule has 0 radical (unpaired) electrons. The number of H-pyrrole nitrogens is 1.